The monoisotopic (exact) mass is 331 g/mol. The van der Waals surface area contributed by atoms with E-state index in [4.69, 9.17) is 9.47 Å². The van der Waals surface area contributed by atoms with Crippen LogP contribution >= 0.6 is 0 Å². The van der Waals surface area contributed by atoms with Gasteiger partial charge in [0.15, 0.2) is 5.79 Å². The molecule has 0 N–H and O–H groups in total. The van der Waals surface area contributed by atoms with Crippen molar-refractivity contribution >= 4 is 11.6 Å². The summed E-state index contributed by atoms with van der Waals surface area (Å²) in [7, 11) is 1.69. The average molecular weight is 331 g/mol. The predicted molar refractivity (Wildman–Crippen MR) is 92.2 cm³/mol. The highest BCUT2D eigenvalue weighted by atomic mass is 16.7. The molecule has 4 nitrogen and oxygen atoms in total. The molecular weight excluding hydrogens is 314 g/mol. The van der Waals surface area contributed by atoms with Gasteiger partial charge in [-0.1, -0.05) is 42.5 Å². The molecular formula is C21H17NO3. The van der Waals surface area contributed by atoms with Gasteiger partial charge in [0.05, 0.1) is 17.3 Å². The summed E-state index contributed by atoms with van der Waals surface area (Å²) in [4.78, 5) is 15.3. The zero-order valence-corrected chi connectivity index (χ0v) is 13.8. The number of carbonyl (C=O) groups excluding carboxylic acids is 1. The van der Waals surface area contributed by atoms with E-state index in [0.29, 0.717) is 0 Å². The fraction of sp³-hybridized carbons (Fsp3) is 0.286. The molecule has 4 atom stereocenters. The number of ether oxygens (including phenoxy) is 2. The highest BCUT2D eigenvalue weighted by molar-refractivity contribution is 6.13. The minimum absolute atomic E-state index is 0.0722. The van der Waals surface area contributed by atoms with Gasteiger partial charge in [0.1, 0.15) is 0 Å². The Hall–Kier alpha value is -2.43. The van der Waals surface area contributed by atoms with Gasteiger partial charge in [-0.05, 0) is 23.8 Å². The van der Waals surface area contributed by atoms with E-state index in [1.807, 2.05) is 47.4 Å². The third kappa shape index (κ3) is 1.37. The molecule has 124 valence electrons. The summed E-state index contributed by atoms with van der Waals surface area (Å²) < 4.78 is 12.2. The number of hydrogen-bond acceptors (Lipinski definition) is 3. The molecule has 3 aliphatic heterocycles. The highest BCUT2D eigenvalue weighted by Gasteiger charge is 2.66. The van der Waals surface area contributed by atoms with Crippen LogP contribution in [0, 0.1) is 5.92 Å². The SMILES string of the molecule is COC12C=CC34c5ccccc5C(=O)N3c3ccccc3C(O1)C4C2. The fourth-order valence-electron chi connectivity index (χ4n) is 5.31. The molecule has 25 heavy (non-hydrogen) atoms. The van der Waals surface area contributed by atoms with Gasteiger partial charge in [0, 0.05) is 30.6 Å². The normalized spacial score (nSPS) is 36.2. The fourth-order valence-corrected chi connectivity index (χ4v) is 5.31. The van der Waals surface area contributed by atoms with Gasteiger partial charge in [-0.3, -0.25) is 9.69 Å². The van der Waals surface area contributed by atoms with Gasteiger partial charge >= 0.3 is 0 Å². The van der Waals surface area contributed by atoms with Crippen molar-refractivity contribution in [3.8, 4) is 0 Å². The summed E-state index contributed by atoms with van der Waals surface area (Å²) >= 11 is 0. The van der Waals surface area contributed by atoms with Gasteiger partial charge in [0.25, 0.3) is 5.91 Å². The Kier molecular flexibility index (Phi) is 2.33. The number of fused-ring (bicyclic) bond motifs is 5. The molecule has 2 bridgehead atoms. The third-order valence-electron chi connectivity index (χ3n) is 6.34. The van der Waals surface area contributed by atoms with Crippen molar-refractivity contribution < 1.29 is 14.3 Å². The molecule has 4 heteroatoms. The van der Waals surface area contributed by atoms with Gasteiger partial charge in [-0.25, -0.2) is 0 Å². The number of anilines is 1. The lowest BCUT2D eigenvalue weighted by atomic mass is 9.67. The Morgan fingerprint density at radius 1 is 1.12 bits per heavy atom. The van der Waals surface area contributed by atoms with Gasteiger partial charge in [-0.15, -0.1) is 0 Å². The molecule has 3 heterocycles. The molecule has 6 rings (SSSR count). The Bertz CT molecular complexity index is 967. The third-order valence-corrected chi connectivity index (χ3v) is 6.34. The van der Waals surface area contributed by atoms with E-state index in [9.17, 15) is 4.79 Å². The molecule has 1 fully saturated rings. The van der Waals surface area contributed by atoms with Gasteiger partial charge in [-0.2, -0.15) is 0 Å². The number of methoxy groups -OCH3 is 1. The summed E-state index contributed by atoms with van der Waals surface area (Å²) in [5.41, 5.74) is 3.41. The number of para-hydroxylation sites is 1. The Labute approximate surface area is 145 Å². The Morgan fingerprint density at radius 3 is 2.80 bits per heavy atom. The van der Waals surface area contributed by atoms with Crippen molar-refractivity contribution in [2.75, 3.05) is 12.0 Å². The number of benzene rings is 2. The number of rotatable bonds is 1. The van der Waals surface area contributed by atoms with Crippen LogP contribution < -0.4 is 4.90 Å². The van der Waals surface area contributed by atoms with E-state index >= 15 is 0 Å². The molecule has 4 aliphatic rings. The first kappa shape index (κ1) is 13.8. The molecule has 4 unspecified atom stereocenters. The van der Waals surface area contributed by atoms with Crippen LogP contribution in [0.1, 0.15) is 34.0 Å². The van der Waals surface area contributed by atoms with Crippen LogP contribution in [0.2, 0.25) is 0 Å². The second kappa shape index (κ2) is 4.21. The van der Waals surface area contributed by atoms with E-state index in [2.05, 4.69) is 18.2 Å². The number of nitrogens with zero attached hydrogens (tertiary/aromatic N) is 1. The van der Waals surface area contributed by atoms with Crippen LogP contribution in [0.3, 0.4) is 0 Å². The van der Waals surface area contributed by atoms with Crippen LogP contribution in [-0.4, -0.2) is 18.8 Å². The zero-order chi connectivity index (χ0) is 16.8. The molecule has 0 radical (unpaired) electrons. The first-order chi connectivity index (χ1) is 12.2. The van der Waals surface area contributed by atoms with E-state index in [0.717, 1.165) is 28.8 Å². The Balaban J connectivity index is 1.73. The van der Waals surface area contributed by atoms with Gasteiger partial charge < -0.3 is 9.47 Å². The van der Waals surface area contributed by atoms with Crippen molar-refractivity contribution in [1.29, 1.82) is 0 Å². The minimum Gasteiger partial charge on any atom is -0.350 e. The molecule has 2 aromatic carbocycles. The van der Waals surface area contributed by atoms with E-state index < -0.39 is 11.3 Å². The first-order valence-electron chi connectivity index (χ1n) is 8.67. The topological polar surface area (TPSA) is 38.8 Å². The summed E-state index contributed by atoms with van der Waals surface area (Å²) in [6, 6.07) is 16.1. The maximum atomic E-state index is 13.3. The Morgan fingerprint density at radius 2 is 1.92 bits per heavy atom. The lowest BCUT2D eigenvalue weighted by Crippen LogP contribution is -2.53. The van der Waals surface area contributed by atoms with E-state index in [-0.39, 0.29) is 17.9 Å². The van der Waals surface area contributed by atoms with Crippen LogP contribution in [0.4, 0.5) is 5.69 Å². The molecule has 1 spiro atoms. The van der Waals surface area contributed by atoms with Crippen molar-refractivity contribution in [3.63, 3.8) is 0 Å². The number of hydrogen-bond donors (Lipinski definition) is 0. The van der Waals surface area contributed by atoms with Crippen LogP contribution in [0.5, 0.6) is 0 Å². The van der Waals surface area contributed by atoms with Crippen LogP contribution in [0.25, 0.3) is 0 Å². The molecule has 1 aliphatic carbocycles. The van der Waals surface area contributed by atoms with Crippen LogP contribution in [-0.2, 0) is 15.0 Å². The van der Waals surface area contributed by atoms with Crippen molar-refractivity contribution in [2.45, 2.75) is 23.9 Å². The summed E-state index contributed by atoms with van der Waals surface area (Å²) in [5, 5.41) is 0. The molecule has 1 amide bonds. The largest absolute Gasteiger partial charge is 0.350 e. The second-order valence-corrected chi connectivity index (χ2v) is 7.27. The van der Waals surface area contributed by atoms with E-state index in [1.165, 1.54) is 0 Å². The number of carbonyl (C=O) groups is 1. The zero-order valence-electron chi connectivity index (χ0n) is 13.8. The number of amides is 1. The average Bonchev–Trinajstić information content (AvgIpc) is 3.14. The highest BCUT2D eigenvalue weighted by Crippen LogP contribution is 2.65. The van der Waals surface area contributed by atoms with Crippen molar-refractivity contribution in [3.05, 3.63) is 77.4 Å². The van der Waals surface area contributed by atoms with Crippen LogP contribution in [0.15, 0.2) is 60.7 Å². The van der Waals surface area contributed by atoms with Gasteiger partial charge in [0.2, 0.25) is 0 Å². The second-order valence-electron chi connectivity index (χ2n) is 7.27. The van der Waals surface area contributed by atoms with Crippen molar-refractivity contribution in [1.82, 2.24) is 0 Å². The maximum absolute atomic E-state index is 13.3. The van der Waals surface area contributed by atoms with Crippen molar-refractivity contribution in [2.24, 2.45) is 5.92 Å². The maximum Gasteiger partial charge on any atom is 0.259 e. The smallest absolute Gasteiger partial charge is 0.259 e. The molecule has 0 aromatic heterocycles. The minimum atomic E-state index is -0.690. The summed E-state index contributed by atoms with van der Waals surface area (Å²) in [6.45, 7) is 0. The predicted octanol–water partition coefficient (Wildman–Crippen LogP) is 3.55. The summed E-state index contributed by atoms with van der Waals surface area (Å²) in [5.74, 6) is -0.479. The lowest BCUT2D eigenvalue weighted by Gasteiger charge is -2.48. The standard InChI is InChI=1S/C21H17NO3/c1-24-20-10-11-21-15-8-4-2-6-13(15)19(23)22(21)17-9-5-3-7-14(17)18(25-20)16(21)12-20/h2-11,16,18H,12H2,1H3. The lowest BCUT2D eigenvalue weighted by molar-refractivity contribution is -0.178. The molecule has 0 saturated carbocycles. The quantitative estimate of drug-likeness (QED) is 0.750. The summed E-state index contributed by atoms with van der Waals surface area (Å²) in [6.07, 6.45) is 4.82. The molecule has 1 saturated heterocycles. The van der Waals surface area contributed by atoms with E-state index in [1.54, 1.807) is 7.11 Å². The first-order valence-corrected chi connectivity index (χ1v) is 8.67. The molecule has 2 aromatic rings.